The molecule has 0 aromatic carbocycles. The molecule has 0 bridgehead atoms. The number of thioether (sulfide) groups is 1. The van der Waals surface area contributed by atoms with Gasteiger partial charge in [0.2, 0.25) is 0 Å². The number of rotatable bonds is 5. The highest BCUT2D eigenvalue weighted by atomic mass is 32.2. The van der Waals surface area contributed by atoms with Crippen molar-refractivity contribution in [2.45, 2.75) is 31.3 Å². The fourth-order valence-electron chi connectivity index (χ4n) is 1.72. The average molecular weight is 299 g/mol. The van der Waals surface area contributed by atoms with E-state index in [0.29, 0.717) is 11.9 Å². The molecule has 0 radical (unpaired) electrons. The van der Waals surface area contributed by atoms with Crippen LogP contribution in [0.5, 0.6) is 0 Å². The van der Waals surface area contributed by atoms with Gasteiger partial charge in [0.15, 0.2) is 5.82 Å². The summed E-state index contributed by atoms with van der Waals surface area (Å²) in [6.07, 6.45) is 2.05. The summed E-state index contributed by atoms with van der Waals surface area (Å²) in [6, 6.07) is 4.69. The number of hydrogen-bond acceptors (Lipinski definition) is 6. The lowest BCUT2D eigenvalue weighted by Gasteiger charge is -2.27. The highest BCUT2D eigenvalue weighted by molar-refractivity contribution is 7.99. The summed E-state index contributed by atoms with van der Waals surface area (Å²) in [7, 11) is 0. The molecule has 0 saturated heterocycles. The second-order valence-electron chi connectivity index (χ2n) is 4.21. The number of nitrogen functional groups attached to an aromatic ring is 1. The van der Waals surface area contributed by atoms with Crippen LogP contribution in [0.4, 0.5) is 10.8 Å². The lowest BCUT2D eigenvalue weighted by Crippen LogP contribution is -2.29. The largest absolute Gasteiger partial charge is 0.382 e. The van der Waals surface area contributed by atoms with Crippen LogP contribution < -0.4 is 10.6 Å². The highest BCUT2D eigenvalue weighted by Crippen LogP contribution is 2.39. The SMILES string of the molecule is CSc1c(N)nsc1N(Cc1cccs1)C(C)C. The second kappa shape index (κ2) is 5.95. The van der Waals surface area contributed by atoms with Gasteiger partial charge in [0.1, 0.15) is 5.00 Å². The molecule has 0 aliphatic heterocycles. The molecule has 0 aliphatic carbocycles. The normalized spacial score (nSPS) is 11.1. The average Bonchev–Trinajstić information content (AvgIpc) is 2.94. The third-order valence-electron chi connectivity index (χ3n) is 2.65. The minimum absolute atomic E-state index is 0.429. The van der Waals surface area contributed by atoms with Gasteiger partial charge in [-0.3, -0.25) is 0 Å². The van der Waals surface area contributed by atoms with Gasteiger partial charge in [-0.25, -0.2) is 0 Å². The van der Waals surface area contributed by atoms with Crippen molar-refractivity contribution >= 4 is 45.5 Å². The zero-order valence-corrected chi connectivity index (χ0v) is 13.2. The summed E-state index contributed by atoms with van der Waals surface area (Å²) in [5, 5.41) is 3.30. The molecule has 0 unspecified atom stereocenters. The summed E-state index contributed by atoms with van der Waals surface area (Å²) >= 11 is 4.95. The zero-order chi connectivity index (χ0) is 13.1. The van der Waals surface area contributed by atoms with E-state index in [0.717, 1.165) is 11.4 Å². The molecule has 2 rings (SSSR count). The van der Waals surface area contributed by atoms with E-state index in [2.05, 4.69) is 40.6 Å². The number of thiophene rings is 1. The molecule has 2 aromatic heterocycles. The van der Waals surface area contributed by atoms with Gasteiger partial charge < -0.3 is 10.6 Å². The Balaban J connectivity index is 2.29. The standard InChI is InChI=1S/C12H17N3S3/c1-8(2)15(7-9-5-4-6-17-9)12-10(16-3)11(13)14-18-12/h4-6,8H,7H2,1-3H3,(H2,13,14). The molecule has 0 fully saturated rings. The van der Waals surface area contributed by atoms with Crippen LogP contribution in [0.2, 0.25) is 0 Å². The van der Waals surface area contributed by atoms with Crippen molar-refractivity contribution in [3.05, 3.63) is 22.4 Å². The first-order chi connectivity index (χ1) is 8.63. The number of hydrogen-bond donors (Lipinski definition) is 1. The van der Waals surface area contributed by atoms with Gasteiger partial charge in [-0.1, -0.05) is 6.07 Å². The van der Waals surface area contributed by atoms with Crippen molar-refractivity contribution in [1.29, 1.82) is 0 Å². The van der Waals surface area contributed by atoms with Gasteiger partial charge in [-0.15, -0.1) is 23.1 Å². The Bertz CT molecular complexity index is 491. The molecule has 2 N–H and O–H groups in total. The molecule has 0 atom stereocenters. The summed E-state index contributed by atoms with van der Waals surface area (Å²) in [5.74, 6) is 0.652. The second-order valence-corrected chi connectivity index (χ2v) is 6.81. The van der Waals surface area contributed by atoms with Crippen LogP contribution in [0.3, 0.4) is 0 Å². The van der Waals surface area contributed by atoms with Gasteiger partial charge in [0.25, 0.3) is 0 Å². The number of nitrogens with two attached hydrogens (primary N) is 1. The van der Waals surface area contributed by atoms with Crippen LogP contribution >= 0.6 is 34.6 Å². The van der Waals surface area contributed by atoms with Crippen molar-refractivity contribution in [3.8, 4) is 0 Å². The van der Waals surface area contributed by atoms with Gasteiger partial charge in [0, 0.05) is 10.9 Å². The quantitative estimate of drug-likeness (QED) is 0.850. The monoisotopic (exact) mass is 299 g/mol. The Morgan fingerprint density at radius 2 is 2.28 bits per heavy atom. The van der Waals surface area contributed by atoms with Crippen LogP contribution in [-0.2, 0) is 6.54 Å². The van der Waals surface area contributed by atoms with Crippen molar-refractivity contribution < 1.29 is 0 Å². The Hall–Kier alpha value is -0.720. The van der Waals surface area contributed by atoms with Crippen LogP contribution in [0.15, 0.2) is 22.4 Å². The molecular weight excluding hydrogens is 282 g/mol. The van der Waals surface area contributed by atoms with E-state index in [-0.39, 0.29) is 0 Å². The van der Waals surface area contributed by atoms with Crippen LogP contribution in [-0.4, -0.2) is 16.7 Å². The summed E-state index contributed by atoms with van der Waals surface area (Å²) < 4.78 is 4.28. The summed E-state index contributed by atoms with van der Waals surface area (Å²) in [6.45, 7) is 5.33. The van der Waals surface area contributed by atoms with E-state index < -0.39 is 0 Å². The molecular formula is C12H17N3S3. The van der Waals surface area contributed by atoms with E-state index in [4.69, 9.17) is 5.73 Å². The molecule has 2 aromatic rings. The number of aromatic nitrogens is 1. The number of nitrogens with zero attached hydrogens (tertiary/aromatic N) is 2. The maximum Gasteiger partial charge on any atom is 0.153 e. The van der Waals surface area contributed by atoms with E-state index in [9.17, 15) is 0 Å². The minimum atomic E-state index is 0.429. The molecule has 0 aliphatic rings. The summed E-state index contributed by atoms with van der Waals surface area (Å²) in [4.78, 5) is 4.83. The van der Waals surface area contributed by atoms with Gasteiger partial charge >= 0.3 is 0 Å². The topological polar surface area (TPSA) is 42.1 Å². The van der Waals surface area contributed by atoms with Crippen LogP contribution in [0.25, 0.3) is 0 Å². The zero-order valence-electron chi connectivity index (χ0n) is 10.7. The first kappa shape index (κ1) is 13.7. The molecule has 6 heteroatoms. The first-order valence-electron chi connectivity index (χ1n) is 5.71. The Kier molecular flexibility index (Phi) is 4.53. The Morgan fingerprint density at radius 3 is 2.83 bits per heavy atom. The van der Waals surface area contributed by atoms with Gasteiger partial charge in [-0.05, 0) is 43.1 Å². The Labute approximate surface area is 120 Å². The Morgan fingerprint density at radius 1 is 1.50 bits per heavy atom. The molecule has 0 amide bonds. The maximum absolute atomic E-state index is 5.92. The van der Waals surface area contributed by atoms with E-state index in [1.165, 1.54) is 21.4 Å². The van der Waals surface area contributed by atoms with Crippen LogP contribution in [0, 0.1) is 0 Å². The third kappa shape index (κ3) is 2.81. The first-order valence-corrected chi connectivity index (χ1v) is 8.59. The lowest BCUT2D eigenvalue weighted by molar-refractivity contribution is 0.688. The predicted octanol–water partition coefficient (Wildman–Crippen LogP) is 3.92. The van der Waals surface area contributed by atoms with E-state index in [1.807, 2.05) is 6.26 Å². The predicted molar refractivity (Wildman–Crippen MR) is 83.9 cm³/mol. The molecule has 2 heterocycles. The van der Waals surface area contributed by atoms with E-state index in [1.54, 1.807) is 23.1 Å². The maximum atomic E-state index is 5.92. The van der Waals surface area contributed by atoms with E-state index >= 15 is 0 Å². The molecule has 0 saturated carbocycles. The van der Waals surface area contributed by atoms with Gasteiger partial charge in [0.05, 0.1) is 11.4 Å². The van der Waals surface area contributed by atoms with Gasteiger partial charge in [-0.2, -0.15) is 4.37 Å². The lowest BCUT2D eigenvalue weighted by atomic mass is 10.3. The van der Waals surface area contributed by atoms with Crippen molar-refractivity contribution in [2.24, 2.45) is 0 Å². The fourth-order valence-corrected chi connectivity index (χ4v) is 4.23. The third-order valence-corrected chi connectivity index (χ3v) is 5.35. The molecule has 98 valence electrons. The molecule has 0 spiro atoms. The number of anilines is 2. The molecule has 18 heavy (non-hydrogen) atoms. The summed E-state index contributed by atoms with van der Waals surface area (Å²) in [5.41, 5.74) is 5.92. The smallest absolute Gasteiger partial charge is 0.153 e. The van der Waals surface area contributed by atoms with Crippen molar-refractivity contribution in [3.63, 3.8) is 0 Å². The highest BCUT2D eigenvalue weighted by Gasteiger charge is 2.20. The minimum Gasteiger partial charge on any atom is -0.382 e. The molecule has 3 nitrogen and oxygen atoms in total. The van der Waals surface area contributed by atoms with Crippen molar-refractivity contribution in [1.82, 2.24) is 4.37 Å². The van der Waals surface area contributed by atoms with Crippen molar-refractivity contribution in [2.75, 3.05) is 16.9 Å². The van der Waals surface area contributed by atoms with Crippen LogP contribution in [0.1, 0.15) is 18.7 Å². The fraction of sp³-hybridized carbons (Fsp3) is 0.417.